The highest BCUT2D eigenvalue weighted by Gasteiger charge is 2.38. The number of rotatable bonds is 8. The van der Waals surface area contributed by atoms with Crippen LogP contribution < -0.4 is 10.2 Å². The molecule has 0 bridgehead atoms. The molecule has 0 aliphatic carbocycles. The lowest BCUT2D eigenvalue weighted by Crippen LogP contribution is -2.42. The van der Waals surface area contributed by atoms with E-state index >= 15 is 0 Å². The molecule has 1 fully saturated rings. The first kappa shape index (κ1) is 21.0. The number of nitrogens with zero attached hydrogens (tertiary/aromatic N) is 2. The largest absolute Gasteiger partial charge is 0.353 e. The van der Waals surface area contributed by atoms with Gasteiger partial charge in [-0.2, -0.15) is 11.3 Å². The summed E-state index contributed by atoms with van der Waals surface area (Å²) < 4.78 is 0.864. The first-order valence-corrected chi connectivity index (χ1v) is 11.4. The average molecular weight is 464 g/mol. The number of halogens is 1. The predicted octanol–water partition coefficient (Wildman–Crippen LogP) is 4.06. The maximum atomic E-state index is 12.9. The number of nitrogens with one attached hydrogen (secondary N) is 1. The highest BCUT2D eigenvalue weighted by atomic mass is 79.9. The van der Waals surface area contributed by atoms with Crippen LogP contribution in [0.1, 0.15) is 31.9 Å². The molecule has 1 aliphatic heterocycles. The molecule has 0 radical (unpaired) electrons. The van der Waals surface area contributed by atoms with Gasteiger partial charge in [0.15, 0.2) is 0 Å². The SMILES string of the molecule is CCN(CC)C(CNC(=O)C1CCN(c2ccccc2Br)C1=O)c1ccsc1. The molecule has 0 spiro atoms. The standard InChI is InChI=1S/C21H26BrN3O2S/c1-3-24(4-2)19(15-10-12-28-14-15)13-23-20(26)16-9-11-25(21(16)27)18-8-6-5-7-17(18)22/h5-8,10,12,14,16,19H,3-4,9,11,13H2,1-2H3,(H,23,26). The zero-order chi connectivity index (χ0) is 20.1. The number of thiophene rings is 1. The molecule has 150 valence electrons. The van der Waals surface area contributed by atoms with E-state index in [1.165, 1.54) is 5.56 Å². The van der Waals surface area contributed by atoms with E-state index in [9.17, 15) is 9.59 Å². The van der Waals surface area contributed by atoms with Crippen molar-refractivity contribution in [3.63, 3.8) is 0 Å². The molecule has 0 saturated carbocycles. The average Bonchev–Trinajstić information content (AvgIpc) is 3.35. The summed E-state index contributed by atoms with van der Waals surface area (Å²) in [5.74, 6) is -0.918. The Morgan fingerprint density at radius 1 is 1.32 bits per heavy atom. The third kappa shape index (κ3) is 4.47. The van der Waals surface area contributed by atoms with Crippen molar-refractivity contribution in [2.75, 3.05) is 31.1 Å². The van der Waals surface area contributed by atoms with Gasteiger partial charge in [0, 0.05) is 17.6 Å². The molecule has 7 heteroatoms. The fourth-order valence-corrected chi connectivity index (χ4v) is 4.95. The van der Waals surface area contributed by atoms with Crippen LogP contribution in [0.3, 0.4) is 0 Å². The number of amides is 2. The predicted molar refractivity (Wildman–Crippen MR) is 118 cm³/mol. The molecular weight excluding hydrogens is 438 g/mol. The van der Waals surface area contributed by atoms with Crippen molar-refractivity contribution < 1.29 is 9.59 Å². The Morgan fingerprint density at radius 3 is 2.71 bits per heavy atom. The molecule has 1 aromatic carbocycles. The van der Waals surface area contributed by atoms with Crippen LogP contribution in [0.5, 0.6) is 0 Å². The zero-order valence-corrected chi connectivity index (χ0v) is 18.6. The maximum Gasteiger partial charge on any atom is 0.239 e. The van der Waals surface area contributed by atoms with Gasteiger partial charge in [-0.1, -0.05) is 26.0 Å². The number of carbonyl (C=O) groups is 2. The van der Waals surface area contributed by atoms with Gasteiger partial charge in [-0.25, -0.2) is 0 Å². The summed E-state index contributed by atoms with van der Waals surface area (Å²) in [5, 5.41) is 7.23. The van der Waals surface area contributed by atoms with Crippen LogP contribution in [0.4, 0.5) is 5.69 Å². The number of likely N-dealkylation sites (N-methyl/N-ethyl adjacent to an activating group) is 1. The van der Waals surface area contributed by atoms with Gasteiger partial charge in [0.2, 0.25) is 11.8 Å². The van der Waals surface area contributed by atoms with Crippen LogP contribution in [-0.4, -0.2) is 42.9 Å². The molecule has 2 atom stereocenters. The van der Waals surface area contributed by atoms with Gasteiger partial charge in [0.25, 0.3) is 0 Å². The number of benzene rings is 1. The zero-order valence-electron chi connectivity index (χ0n) is 16.2. The Balaban J connectivity index is 1.66. The number of anilines is 1. The second-order valence-electron chi connectivity index (χ2n) is 6.82. The molecule has 1 saturated heterocycles. The second-order valence-corrected chi connectivity index (χ2v) is 8.46. The topological polar surface area (TPSA) is 52.7 Å². The van der Waals surface area contributed by atoms with Crippen molar-refractivity contribution in [3.05, 3.63) is 51.1 Å². The summed E-state index contributed by atoms with van der Waals surface area (Å²) in [6.07, 6.45) is 0.542. The summed E-state index contributed by atoms with van der Waals surface area (Å²) in [7, 11) is 0. The molecule has 1 N–H and O–H groups in total. The van der Waals surface area contributed by atoms with Crippen molar-refractivity contribution in [2.24, 2.45) is 5.92 Å². The summed E-state index contributed by atoms with van der Waals surface area (Å²) >= 11 is 5.16. The van der Waals surface area contributed by atoms with Gasteiger partial charge >= 0.3 is 0 Å². The first-order valence-electron chi connectivity index (χ1n) is 9.66. The molecule has 3 rings (SSSR count). The van der Waals surface area contributed by atoms with Crippen molar-refractivity contribution >= 4 is 44.8 Å². The van der Waals surface area contributed by atoms with E-state index in [4.69, 9.17) is 0 Å². The number of carbonyl (C=O) groups excluding carboxylic acids is 2. The molecule has 28 heavy (non-hydrogen) atoms. The summed E-state index contributed by atoms with van der Waals surface area (Å²) in [5.41, 5.74) is 2.03. The lowest BCUT2D eigenvalue weighted by atomic mass is 10.1. The first-order chi connectivity index (χ1) is 13.6. The van der Waals surface area contributed by atoms with Crippen molar-refractivity contribution in [2.45, 2.75) is 26.3 Å². The Kier molecular flexibility index (Phi) is 7.26. The normalized spacial score (nSPS) is 17.9. The van der Waals surface area contributed by atoms with E-state index in [0.717, 1.165) is 23.2 Å². The van der Waals surface area contributed by atoms with E-state index < -0.39 is 5.92 Å². The van der Waals surface area contributed by atoms with Gasteiger partial charge in [-0.05, 0) is 70.0 Å². The fourth-order valence-electron chi connectivity index (χ4n) is 3.74. The summed E-state index contributed by atoms with van der Waals surface area (Å²) in [4.78, 5) is 29.7. The van der Waals surface area contributed by atoms with Crippen LogP contribution in [-0.2, 0) is 9.59 Å². The van der Waals surface area contributed by atoms with Gasteiger partial charge in [-0.3, -0.25) is 14.5 Å². The van der Waals surface area contributed by atoms with Crippen LogP contribution in [0.2, 0.25) is 0 Å². The van der Waals surface area contributed by atoms with E-state index in [1.807, 2.05) is 24.3 Å². The highest BCUT2D eigenvalue weighted by Crippen LogP contribution is 2.31. The molecule has 2 heterocycles. The van der Waals surface area contributed by atoms with Crippen LogP contribution in [0, 0.1) is 5.92 Å². The highest BCUT2D eigenvalue weighted by molar-refractivity contribution is 9.10. The Hall–Kier alpha value is -1.70. The molecule has 5 nitrogen and oxygen atoms in total. The van der Waals surface area contributed by atoms with E-state index in [2.05, 4.69) is 56.8 Å². The molecule has 2 unspecified atom stereocenters. The minimum Gasteiger partial charge on any atom is -0.353 e. The lowest BCUT2D eigenvalue weighted by molar-refractivity contribution is -0.132. The maximum absolute atomic E-state index is 12.9. The number of para-hydroxylation sites is 1. The third-order valence-electron chi connectivity index (χ3n) is 5.32. The van der Waals surface area contributed by atoms with Crippen LogP contribution >= 0.6 is 27.3 Å². The Bertz CT molecular complexity index is 808. The smallest absolute Gasteiger partial charge is 0.239 e. The number of hydrogen-bond donors (Lipinski definition) is 1. The molecule has 2 aromatic rings. The van der Waals surface area contributed by atoms with Gasteiger partial charge in [0.05, 0.1) is 11.7 Å². The van der Waals surface area contributed by atoms with Crippen LogP contribution in [0.15, 0.2) is 45.6 Å². The van der Waals surface area contributed by atoms with Crippen LogP contribution in [0.25, 0.3) is 0 Å². The van der Waals surface area contributed by atoms with E-state index in [-0.39, 0.29) is 17.9 Å². The Morgan fingerprint density at radius 2 is 2.07 bits per heavy atom. The van der Waals surface area contributed by atoms with Gasteiger partial charge < -0.3 is 10.2 Å². The fraction of sp³-hybridized carbons (Fsp3) is 0.429. The summed E-state index contributed by atoms with van der Waals surface area (Å²) in [6.45, 7) is 7.14. The van der Waals surface area contributed by atoms with E-state index in [0.29, 0.717) is 19.5 Å². The molecular formula is C21H26BrN3O2S. The quantitative estimate of drug-likeness (QED) is 0.600. The molecule has 1 aliphatic rings. The third-order valence-corrected chi connectivity index (χ3v) is 6.69. The molecule has 1 aromatic heterocycles. The lowest BCUT2D eigenvalue weighted by Gasteiger charge is -2.29. The van der Waals surface area contributed by atoms with Gasteiger partial charge in [-0.15, -0.1) is 0 Å². The number of hydrogen-bond acceptors (Lipinski definition) is 4. The van der Waals surface area contributed by atoms with E-state index in [1.54, 1.807) is 16.2 Å². The van der Waals surface area contributed by atoms with Crippen molar-refractivity contribution in [3.8, 4) is 0 Å². The minimum atomic E-state index is -0.619. The minimum absolute atomic E-state index is 0.126. The van der Waals surface area contributed by atoms with Crippen molar-refractivity contribution in [1.82, 2.24) is 10.2 Å². The second kappa shape index (κ2) is 9.67. The summed E-state index contributed by atoms with van der Waals surface area (Å²) in [6, 6.07) is 9.85. The Labute approximate surface area is 178 Å². The molecule has 2 amide bonds. The monoisotopic (exact) mass is 463 g/mol. The van der Waals surface area contributed by atoms with Crippen molar-refractivity contribution in [1.29, 1.82) is 0 Å². The van der Waals surface area contributed by atoms with Gasteiger partial charge in [0.1, 0.15) is 5.92 Å².